The molecule has 1 aliphatic carbocycles. The van der Waals surface area contributed by atoms with E-state index >= 15 is 0 Å². The van der Waals surface area contributed by atoms with Crippen LogP contribution in [-0.4, -0.2) is 16.8 Å². The van der Waals surface area contributed by atoms with Gasteiger partial charge < -0.3 is 10.1 Å². The van der Waals surface area contributed by atoms with Gasteiger partial charge >= 0.3 is 0 Å². The minimum atomic E-state index is 0.484. The van der Waals surface area contributed by atoms with Crippen LogP contribution < -0.4 is 10.1 Å². The summed E-state index contributed by atoms with van der Waals surface area (Å²) in [6.07, 6.45) is 6.35. The lowest BCUT2D eigenvalue weighted by molar-refractivity contribution is 0.237. The molecule has 130 valence electrons. The molecular weight excluding hydrogens is 298 g/mol. The lowest BCUT2D eigenvalue weighted by Gasteiger charge is -2.23. The first-order chi connectivity index (χ1) is 11.7. The van der Waals surface area contributed by atoms with E-state index in [0.717, 1.165) is 18.1 Å². The van der Waals surface area contributed by atoms with Crippen LogP contribution in [0.5, 0.6) is 5.88 Å². The highest BCUT2D eigenvalue weighted by Crippen LogP contribution is 2.32. The fourth-order valence-electron chi connectivity index (χ4n) is 3.50. The first kappa shape index (κ1) is 17.0. The van der Waals surface area contributed by atoms with Crippen molar-refractivity contribution < 1.29 is 4.74 Å². The van der Waals surface area contributed by atoms with Gasteiger partial charge in [0.05, 0.1) is 11.7 Å². The first-order valence-electron chi connectivity index (χ1n) is 9.09. The molecule has 0 amide bonds. The Labute approximate surface area is 145 Å². The van der Waals surface area contributed by atoms with Crippen molar-refractivity contribution in [2.45, 2.75) is 65.1 Å². The van der Waals surface area contributed by atoms with Crippen LogP contribution >= 0.6 is 0 Å². The number of ether oxygens (including phenoxy) is 1. The lowest BCUT2D eigenvalue weighted by atomic mass is 9.96. The van der Waals surface area contributed by atoms with Gasteiger partial charge in [-0.15, -0.1) is 0 Å². The highest BCUT2D eigenvalue weighted by molar-refractivity contribution is 5.30. The second kappa shape index (κ2) is 7.84. The summed E-state index contributed by atoms with van der Waals surface area (Å²) in [5, 5.41) is 7.99. The molecule has 0 bridgehead atoms. The summed E-state index contributed by atoms with van der Waals surface area (Å²) in [7, 11) is 1.95. The quantitative estimate of drug-likeness (QED) is 0.859. The van der Waals surface area contributed by atoms with Crippen molar-refractivity contribution in [3.63, 3.8) is 0 Å². The molecule has 1 N–H and O–H groups in total. The Kier molecular flexibility index (Phi) is 5.56. The number of benzene rings is 1. The van der Waals surface area contributed by atoms with Gasteiger partial charge in [-0.25, -0.2) is 4.68 Å². The van der Waals surface area contributed by atoms with Crippen molar-refractivity contribution >= 4 is 0 Å². The smallest absolute Gasteiger partial charge is 0.212 e. The van der Waals surface area contributed by atoms with Gasteiger partial charge in [0.2, 0.25) is 5.88 Å². The zero-order valence-corrected chi connectivity index (χ0v) is 15.1. The highest BCUT2D eigenvalue weighted by Gasteiger charge is 2.21. The standard InChI is InChI=1S/C20H29N3O/c1-15-9-10-16(2)17(11-15)14-24-20-12-18(13-21-3)22-23(20)19-7-5-4-6-8-19/h9-12,19,21H,4-8,13-14H2,1-3H3. The third-order valence-electron chi connectivity index (χ3n) is 4.91. The second-order valence-corrected chi connectivity index (χ2v) is 6.96. The summed E-state index contributed by atoms with van der Waals surface area (Å²) >= 11 is 0. The average molecular weight is 327 g/mol. The summed E-state index contributed by atoms with van der Waals surface area (Å²) in [6.45, 7) is 5.65. The molecule has 0 radical (unpaired) electrons. The number of rotatable bonds is 6. The molecule has 0 aliphatic heterocycles. The summed E-state index contributed by atoms with van der Waals surface area (Å²) in [5.74, 6) is 0.910. The van der Waals surface area contributed by atoms with Gasteiger partial charge in [-0.2, -0.15) is 5.10 Å². The van der Waals surface area contributed by atoms with Crippen LogP contribution in [0.4, 0.5) is 0 Å². The fourth-order valence-corrected chi connectivity index (χ4v) is 3.50. The predicted octanol–water partition coefficient (Wildman–Crippen LogP) is 4.30. The van der Waals surface area contributed by atoms with E-state index in [1.54, 1.807) is 0 Å². The molecule has 24 heavy (non-hydrogen) atoms. The minimum absolute atomic E-state index is 0.484. The normalized spacial score (nSPS) is 15.6. The number of aryl methyl sites for hydroxylation is 2. The minimum Gasteiger partial charge on any atom is -0.473 e. The van der Waals surface area contributed by atoms with E-state index in [0.29, 0.717) is 12.6 Å². The zero-order chi connectivity index (χ0) is 16.9. The Morgan fingerprint density at radius 1 is 1.17 bits per heavy atom. The maximum Gasteiger partial charge on any atom is 0.212 e. The van der Waals surface area contributed by atoms with Crippen LogP contribution in [-0.2, 0) is 13.2 Å². The molecule has 1 heterocycles. The first-order valence-corrected chi connectivity index (χ1v) is 9.09. The molecule has 2 aromatic rings. The van der Waals surface area contributed by atoms with E-state index in [1.807, 2.05) is 7.05 Å². The van der Waals surface area contributed by atoms with Crippen molar-refractivity contribution in [1.82, 2.24) is 15.1 Å². The van der Waals surface area contributed by atoms with E-state index in [-0.39, 0.29) is 0 Å². The molecule has 0 unspecified atom stereocenters. The van der Waals surface area contributed by atoms with Crippen LogP contribution in [0.25, 0.3) is 0 Å². The van der Waals surface area contributed by atoms with Crippen molar-refractivity contribution in [2.24, 2.45) is 0 Å². The second-order valence-electron chi connectivity index (χ2n) is 6.96. The highest BCUT2D eigenvalue weighted by atomic mass is 16.5. The average Bonchev–Trinajstić information content (AvgIpc) is 3.00. The molecule has 1 saturated carbocycles. The van der Waals surface area contributed by atoms with Crippen LogP contribution in [0.1, 0.15) is 60.5 Å². The Balaban J connectivity index is 1.79. The molecule has 0 saturated heterocycles. The molecule has 1 aliphatic rings. The van der Waals surface area contributed by atoms with Crippen LogP contribution in [0.2, 0.25) is 0 Å². The summed E-state index contributed by atoms with van der Waals surface area (Å²) in [4.78, 5) is 0. The third kappa shape index (κ3) is 3.99. The van der Waals surface area contributed by atoms with Gasteiger partial charge in [-0.3, -0.25) is 0 Å². The Hall–Kier alpha value is -1.81. The van der Waals surface area contributed by atoms with Gasteiger partial charge in [-0.1, -0.05) is 43.0 Å². The molecule has 1 aromatic heterocycles. The maximum absolute atomic E-state index is 6.21. The van der Waals surface area contributed by atoms with Crippen molar-refractivity contribution in [3.05, 3.63) is 46.6 Å². The maximum atomic E-state index is 6.21. The van der Waals surface area contributed by atoms with Gasteiger partial charge in [-0.05, 0) is 44.9 Å². The Bertz CT molecular complexity index is 672. The monoisotopic (exact) mass is 327 g/mol. The fraction of sp³-hybridized carbons (Fsp3) is 0.550. The van der Waals surface area contributed by atoms with E-state index in [9.17, 15) is 0 Å². The molecule has 1 fully saturated rings. The van der Waals surface area contributed by atoms with Crippen LogP contribution in [0.3, 0.4) is 0 Å². The molecule has 4 nitrogen and oxygen atoms in total. The van der Waals surface area contributed by atoms with E-state index < -0.39 is 0 Å². The zero-order valence-electron chi connectivity index (χ0n) is 15.1. The predicted molar refractivity (Wildman–Crippen MR) is 97.4 cm³/mol. The summed E-state index contributed by atoms with van der Waals surface area (Å²) in [6, 6.07) is 9.11. The molecular formula is C20H29N3O. The van der Waals surface area contributed by atoms with Gasteiger partial charge in [0.1, 0.15) is 6.61 Å². The van der Waals surface area contributed by atoms with Crippen molar-refractivity contribution in [1.29, 1.82) is 0 Å². The van der Waals surface area contributed by atoms with Crippen LogP contribution in [0, 0.1) is 13.8 Å². The number of nitrogens with zero attached hydrogens (tertiary/aromatic N) is 2. The summed E-state index contributed by atoms with van der Waals surface area (Å²) in [5.41, 5.74) is 4.86. The van der Waals surface area contributed by atoms with Crippen LogP contribution in [0.15, 0.2) is 24.3 Å². The Morgan fingerprint density at radius 2 is 1.96 bits per heavy atom. The number of nitrogens with one attached hydrogen (secondary N) is 1. The largest absolute Gasteiger partial charge is 0.473 e. The SMILES string of the molecule is CNCc1cc(OCc2cc(C)ccc2C)n(C2CCCCC2)n1. The molecule has 3 rings (SSSR count). The summed E-state index contributed by atoms with van der Waals surface area (Å²) < 4.78 is 8.35. The number of aromatic nitrogens is 2. The van der Waals surface area contributed by atoms with Gasteiger partial charge in [0.25, 0.3) is 0 Å². The van der Waals surface area contributed by atoms with Gasteiger partial charge in [0.15, 0.2) is 0 Å². The molecule has 1 aromatic carbocycles. The number of hydrogen-bond donors (Lipinski definition) is 1. The molecule has 0 atom stereocenters. The lowest BCUT2D eigenvalue weighted by Crippen LogP contribution is -2.16. The Morgan fingerprint density at radius 3 is 2.71 bits per heavy atom. The van der Waals surface area contributed by atoms with E-state index in [1.165, 1.54) is 48.8 Å². The van der Waals surface area contributed by atoms with Crippen molar-refractivity contribution in [3.8, 4) is 5.88 Å². The number of hydrogen-bond acceptors (Lipinski definition) is 3. The van der Waals surface area contributed by atoms with E-state index in [2.05, 4.69) is 48.1 Å². The van der Waals surface area contributed by atoms with E-state index in [4.69, 9.17) is 9.84 Å². The van der Waals surface area contributed by atoms with Gasteiger partial charge in [0, 0.05) is 12.6 Å². The van der Waals surface area contributed by atoms with Crippen molar-refractivity contribution in [2.75, 3.05) is 7.05 Å². The topological polar surface area (TPSA) is 39.1 Å². The molecule has 4 heteroatoms. The molecule has 0 spiro atoms. The third-order valence-corrected chi connectivity index (χ3v) is 4.91.